The Hall–Kier alpha value is -2.25. The number of thioether (sulfide) groups is 1. The van der Waals surface area contributed by atoms with Gasteiger partial charge in [0.2, 0.25) is 5.91 Å². The second kappa shape index (κ2) is 9.09. The first-order valence-corrected chi connectivity index (χ1v) is 11.7. The van der Waals surface area contributed by atoms with Crippen LogP contribution in [0.1, 0.15) is 51.1 Å². The summed E-state index contributed by atoms with van der Waals surface area (Å²) in [6.45, 7) is 4.71. The van der Waals surface area contributed by atoms with E-state index in [-0.39, 0.29) is 18.4 Å². The SMILES string of the molecule is COC(=O)C1=C(C)N=C2SC=C(CC(=O)N3CCCC[C@H]3C)N2[C@H]1c1ccccc1Cl. The number of carbonyl (C=O) groups is 2. The Bertz CT molecular complexity index is 1000. The maximum absolute atomic E-state index is 13.2. The highest BCUT2D eigenvalue weighted by molar-refractivity contribution is 8.16. The molecule has 1 amide bonds. The highest BCUT2D eigenvalue weighted by Gasteiger charge is 2.42. The Morgan fingerprint density at radius 1 is 1.29 bits per heavy atom. The molecule has 1 fully saturated rings. The van der Waals surface area contributed by atoms with E-state index in [2.05, 4.69) is 11.9 Å². The summed E-state index contributed by atoms with van der Waals surface area (Å²) in [5.41, 5.74) is 2.64. The van der Waals surface area contributed by atoms with E-state index in [9.17, 15) is 9.59 Å². The van der Waals surface area contributed by atoms with Crippen molar-refractivity contribution < 1.29 is 14.3 Å². The van der Waals surface area contributed by atoms with Gasteiger partial charge in [-0.3, -0.25) is 4.79 Å². The Labute approximate surface area is 192 Å². The highest BCUT2D eigenvalue weighted by Crippen LogP contribution is 2.46. The number of piperidine rings is 1. The number of fused-ring (bicyclic) bond motifs is 1. The van der Waals surface area contributed by atoms with Crippen LogP contribution in [-0.2, 0) is 14.3 Å². The van der Waals surface area contributed by atoms with E-state index < -0.39 is 12.0 Å². The van der Waals surface area contributed by atoms with Crippen molar-refractivity contribution in [1.29, 1.82) is 0 Å². The number of rotatable bonds is 4. The summed E-state index contributed by atoms with van der Waals surface area (Å²) in [6.07, 6.45) is 3.49. The lowest BCUT2D eigenvalue weighted by atomic mass is 9.93. The van der Waals surface area contributed by atoms with Gasteiger partial charge >= 0.3 is 5.97 Å². The number of carbonyl (C=O) groups excluding carboxylic acids is 2. The van der Waals surface area contributed by atoms with E-state index in [1.54, 1.807) is 13.0 Å². The topological polar surface area (TPSA) is 62.2 Å². The Kier molecular flexibility index (Phi) is 6.44. The number of amidine groups is 1. The summed E-state index contributed by atoms with van der Waals surface area (Å²) in [7, 11) is 1.36. The third-order valence-electron chi connectivity index (χ3n) is 6.06. The molecule has 0 aromatic heterocycles. The fourth-order valence-corrected chi connectivity index (χ4v) is 5.66. The van der Waals surface area contributed by atoms with Crippen LogP contribution in [0, 0.1) is 0 Å². The van der Waals surface area contributed by atoms with Crippen LogP contribution < -0.4 is 0 Å². The number of hydrogen-bond donors (Lipinski definition) is 0. The number of likely N-dealkylation sites (tertiary alicyclic amines) is 1. The van der Waals surface area contributed by atoms with Crippen LogP contribution in [0.15, 0.2) is 51.6 Å². The predicted molar refractivity (Wildman–Crippen MR) is 124 cm³/mol. The molecule has 0 unspecified atom stereocenters. The van der Waals surface area contributed by atoms with Gasteiger partial charge in [-0.15, -0.1) is 0 Å². The monoisotopic (exact) mass is 459 g/mol. The first-order chi connectivity index (χ1) is 14.9. The number of ether oxygens (including phenoxy) is 1. The van der Waals surface area contributed by atoms with Gasteiger partial charge in [-0.1, -0.05) is 41.6 Å². The molecule has 0 radical (unpaired) electrons. The largest absolute Gasteiger partial charge is 0.466 e. The van der Waals surface area contributed by atoms with Crippen LogP contribution in [0.4, 0.5) is 0 Å². The van der Waals surface area contributed by atoms with E-state index in [0.717, 1.165) is 42.2 Å². The zero-order valence-corrected chi connectivity index (χ0v) is 19.5. The van der Waals surface area contributed by atoms with Crippen molar-refractivity contribution in [2.75, 3.05) is 13.7 Å². The molecule has 31 heavy (non-hydrogen) atoms. The van der Waals surface area contributed by atoms with Crippen LogP contribution in [-0.4, -0.2) is 46.5 Å². The standard InChI is InChI=1S/C23H26ClN3O3S/c1-14-8-6-7-11-26(14)19(28)12-16-13-31-23-25-15(2)20(22(29)30-3)21(27(16)23)17-9-4-5-10-18(17)24/h4-5,9-10,13-14,21H,6-8,11-12H2,1-3H3/t14-,21+/m1/s1. The molecular weight excluding hydrogens is 434 g/mol. The Morgan fingerprint density at radius 2 is 2.06 bits per heavy atom. The van der Waals surface area contributed by atoms with Crippen molar-refractivity contribution in [2.45, 2.75) is 51.6 Å². The zero-order chi connectivity index (χ0) is 22.1. The number of methoxy groups -OCH3 is 1. The molecule has 6 nitrogen and oxygen atoms in total. The fourth-order valence-electron chi connectivity index (χ4n) is 4.46. The fraction of sp³-hybridized carbons (Fsp3) is 0.435. The van der Waals surface area contributed by atoms with E-state index in [4.69, 9.17) is 16.3 Å². The van der Waals surface area contributed by atoms with Crippen LogP contribution in [0.5, 0.6) is 0 Å². The van der Waals surface area contributed by atoms with Gasteiger partial charge in [0.1, 0.15) is 0 Å². The number of halogens is 1. The van der Waals surface area contributed by atoms with Gasteiger partial charge in [0.05, 0.1) is 30.8 Å². The van der Waals surface area contributed by atoms with Gasteiger partial charge in [-0.05, 0) is 50.1 Å². The Morgan fingerprint density at radius 3 is 2.77 bits per heavy atom. The average molecular weight is 460 g/mol. The lowest BCUT2D eigenvalue weighted by Crippen LogP contribution is -2.43. The number of allylic oxidation sites excluding steroid dienone is 1. The van der Waals surface area contributed by atoms with Crippen molar-refractivity contribution >= 4 is 40.4 Å². The van der Waals surface area contributed by atoms with Crippen LogP contribution in [0.2, 0.25) is 5.02 Å². The summed E-state index contributed by atoms with van der Waals surface area (Å²) in [4.78, 5) is 34.5. The van der Waals surface area contributed by atoms with Crippen molar-refractivity contribution in [3.8, 4) is 0 Å². The first-order valence-electron chi connectivity index (χ1n) is 10.5. The molecule has 3 aliphatic rings. The maximum atomic E-state index is 13.2. The lowest BCUT2D eigenvalue weighted by Gasteiger charge is -2.38. The van der Waals surface area contributed by atoms with E-state index in [1.807, 2.05) is 33.4 Å². The quantitative estimate of drug-likeness (QED) is 0.600. The first kappa shape index (κ1) is 22.0. The minimum Gasteiger partial charge on any atom is -0.466 e. The molecule has 164 valence electrons. The molecule has 1 saturated heterocycles. The average Bonchev–Trinajstić information content (AvgIpc) is 3.15. The Balaban J connectivity index is 1.71. The summed E-state index contributed by atoms with van der Waals surface area (Å²) >= 11 is 8.03. The smallest absolute Gasteiger partial charge is 0.338 e. The number of aliphatic imine (C=N–C) groups is 1. The van der Waals surface area contributed by atoms with Crippen molar-refractivity contribution in [3.63, 3.8) is 0 Å². The molecule has 1 aromatic carbocycles. The van der Waals surface area contributed by atoms with Gasteiger partial charge in [-0.25, -0.2) is 9.79 Å². The number of nitrogens with zero attached hydrogens (tertiary/aromatic N) is 3. The number of hydrogen-bond acceptors (Lipinski definition) is 6. The number of esters is 1. The molecule has 0 N–H and O–H groups in total. The highest BCUT2D eigenvalue weighted by atomic mass is 35.5. The minimum absolute atomic E-state index is 0.101. The van der Waals surface area contributed by atoms with Gasteiger partial charge in [0.25, 0.3) is 0 Å². The van der Waals surface area contributed by atoms with Gasteiger partial charge in [0, 0.05) is 23.3 Å². The third kappa shape index (κ3) is 4.13. The molecule has 0 saturated carbocycles. The number of amides is 1. The van der Waals surface area contributed by atoms with Gasteiger partial charge < -0.3 is 14.5 Å². The maximum Gasteiger partial charge on any atom is 0.338 e. The molecule has 0 bridgehead atoms. The van der Waals surface area contributed by atoms with Crippen LogP contribution in [0.25, 0.3) is 0 Å². The zero-order valence-electron chi connectivity index (χ0n) is 17.9. The summed E-state index contributed by atoms with van der Waals surface area (Å²) in [6, 6.07) is 7.21. The molecule has 1 aromatic rings. The minimum atomic E-state index is -0.499. The molecule has 0 aliphatic carbocycles. The third-order valence-corrected chi connectivity index (χ3v) is 7.29. The summed E-state index contributed by atoms with van der Waals surface area (Å²) < 4.78 is 5.09. The van der Waals surface area contributed by atoms with Crippen LogP contribution >= 0.6 is 23.4 Å². The van der Waals surface area contributed by atoms with Crippen molar-refractivity contribution in [2.24, 2.45) is 4.99 Å². The molecule has 8 heteroatoms. The van der Waals surface area contributed by atoms with E-state index >= 15 is 0 Å². The molecule has 3 heterocycles. The second-order valence-electron chi connectivity index (χ2n) is 8.01. The summed E-state index contributed by atoms with van der Waals surface area (Å²) in [5, 5.41) is 3.25. The number of benzene rings is 1. The normalized spacial score (nSPS) is 23.4. The molecule has 0 spiro atoms. The summed E-state index contributed by atoms with van der Waals surface area (Å²) in [5.74, 6) is -0.346. The molecular formula is C23H26ClN3O3S. The predicted octanol–water partition coefficient (Wildman–Crippen LogP) is 4.88. The van der Waals surface area contributed by atoms with E-state index in [0.29, 0.717) is 16.3 Å². The molecule has 3 aliphatic heterocycles. The lowest BCUT2D eigenvalue weighted by molar-refractivity contribution is -0.136. The van der Waals surface area contributed by atoms with Crippen molar-refractivity contribution in [1.82, 2.24) is 9.80 Å². The van der Waals surface area contributed by atoms with Gasteiger partial charge in [-0.2, -0.15) is 0 Å². The van der Waals surface area contributed by atoms with Crippen molar-refractivity contribution in [3.05, 3.63) is 57.2 Å². The second-order valence-corrected chi connectivity index (χ2v) is 9.26. The molecule has 4 rings (SSSR count). The van der Waals surface area contributed by atoms with Crippen LogP contribution in [0.3, 0.4) is 0 Å². The van der Waals surface area contributed by atoms with E-state index in [1.165, 1.54) is 18.9 Å². The molecule has 2 atom stereocenters. The van der Waals surface area contributed by atoms with Gasteiger partial charge in [0.15, 0.2) is 5.17 Å².